The fourth-order valence-corrected chi connectivity index (χ4v) is 1.08. The van der Waals surface area contributed by atoms with Gasteiger partial charge < -0.3 is 10.1 Å². The Morgan fingerprint density at radius 2 is 2.07 bits per heavy atom. The Kier molecular flexibility index (Phi) is 6.62. The zero-order valence-electron chi connectivity index (χ0n) is 9.58. The normalized spacial score (nSPS) is 12.3. The Morgan fingerprint density at radius 1 is 1.47 bits per heavy atom. The molecule has 0 heterocycles. The monoisotopic (exact) mass is 213 g/mol. The first-order valence-corrected chi connectivity index (χ1v) is 5.04. The minimum atomic E-state index is -0.420. The topological polar surface area (TPSA) is 55.4 Å². The van der Waals surface area contributed by atoms with Crippen LogP contribution in [-0.2, 0) is 14.3 Å². The van der Waals surface area contributed by atoms with Crippen LogP contribution in [0.15, 0.2) is 12.7 Å². The highest BCUT2D eigenvalue weighted by molar-refractivity contribution is 5.89. The zero-order valence-corrected chi connectivity index (χ0v) is 9.58. The van der Waals surface area contributed by atoms with Crippen molar-refractivity contribution < 1.29 is 14.3 Å². The maximum Gasteiger partial charge on any atom is 0.323 e. The van der Waals surface area contributed by atoms with E-state index in [-0.39, 0.29) is 17.9 Å². The summed E-state index contributed by atoms with van der Waals surface area (Å²) >= 11 is 0. The Balaban J connectivity index is 4.06. The van der Waals surface area contributed by atoms with E-state index in [9.17, 15) is 9.59 Å². The fraction of sp³-hybridized carbons (Fsp3) is 0.636. The summed E-state index contributed by atoms with van der Waals surface area (Å²) in [5.74, 6) is -0.378. The lowest BCUT2D eigenvalue weighted by atomic mass is 10.1. The lowest BCUT2D eigenvalue weighted by Crippen LogP contribution is -2.37. The summed E-state index contributed by atoms with van der Waals surface area (Å²) < 4.78 is 5.03. The number of nitrogens with one attached hydrogen (secondary N) is 1. The number of hydrogen-bond acceptors (Lipinski definition) is 4. The predicted molar refractivity (Wildman–Crippen MR) is 58.5 cm³/mol. The minimum absolute atomic E-state index is 0.0624. The molecule has 0 saturated heterocycles. The zero-order chi connectivity index (χ0) is 11.8. The van der Waals surface area contributed by atoms with E-state index in [1.807, 2.05) is 0 Å². The first-order valence-electron chi connectivity index (χ1n) is 5.04. The van der Waals surface area contributed by atoms with Crippen molar-refractivity contribution in [3.63, 3.8) is 0 Å². The molecule has 0 aliphatic carbocycles. The summed E-state index contributed by atoms with van der Waals surface area (Å²) in [4.78, 5) is 22.4. The summed E-state index contributed by atoms with van der Waals surface area (Å²) in [6.45, 7) is 6.95. The van der Waals surface area contributed by atoms with Gasteiger partial charge in [-0.05, 0) is 33.4 Å². The highest BCUT2D eigenvalue weighted by atomic mass is 16.5. The van der Waals surface area contributed by atoms with E-state index in [0.717, 1.165) is 0 Å². The Hall–Kier alpha value is -1.16. The molecular weight excluding hydrogens is 194 g/mol. The number of esters is 1. The highest BCUT2D eigenvalue weighted by Gasteiger charge is 2.19. The molecule has 0 rings (SSSR count). The molecular formula is C11H19NO3. The smallest absolute Gasteiger partial charge is 0.323 e. The van der Waals surface area contributed by atoms with Crippen LogP contribution in [-0.4, -0.2) is 30.9 Å². The van der Waals surface area contributed by atoms with Gasteiger partial charge in [0.05, 0.1) is 6.10 Å². The maximum atomic E-state index is 11.5. The number of carbonyl (C=O) groups is 2. The summed E-state index contributed by atoms with van der Waals surface area (Å²) in [7, 11) is 1.67. The second-order valence-electron chi connectivity index (χ2n) is 3.54. The van der Waals surface area contributed by atoms with Gasteiger partial charge in [0, 0.05) is 6.42 Å². The Labute approximate surface area is 90.7 Å². The van der Waals surface area contributed by atoms with Gasteiger partial charge in [-0.1, -0.05) is 6.58 Å². The van der Waals surface area contributed by atoms with Gasteiger partial charge >= 0.3 is 5.97 Å². The van der Waals surface area contributed by atoms with Crippen molar-refractivity contribution in [2.24, 2.45) is 0 Å². The summed E-state index contributed by atoms with van der Waals surface area (Å²) in [6, 6.07) is -0.420. The number of hydrogen-bond donors (Lipinski definition) is 1. The Bertz CT molecular complexity index is 236. The van der Waals surface area contributed by atoms with Crippen LogP contribution in [0.2, 0.25) is 0 Å². The van der Waals surface area contributed by atoms with Crippen LogP contribution in [0.5, 0.6) is 0 Å². The molecule has 4 nitrogen and oxygen atoms in total. The van der Waals surface area contributed by atoms with E-state index in [4.69, 9.17) is 4.74 Å². The van der Waals surface area contributed by atoms with E-state index in [1.165, 1.54) is 6.08 Å². The second kappa shape index (κ2) is 7.17. The third-order valence-electron chi connectivity index (χ3n) is 1.89. The van der Waals surface area contributed by atoms with Gasteiger partial charge in [-0.3, -0.25) is 9.59 Å². The number of rotatable bonds is 7. The SMILES string of the molecule is C=CC(=O)CC[C@H](NC)C(=O)OC(C)C. The average molecular weight is 213 g/mol. The van der Waals surface area contributed by atoms with Gasteiger partial charge in [-0.15, -0.1) is 0 Å². The molecule has 0 spiro atoms. The van der Waals surface area contributed by atoms with Gasteiger partial charge in [0.15, 0.2) is 5.78 Å². The first-order chi connectivity index (χ1) is 7.01. The second-order valence-corrected chi connectivity index (χ2v) is 3.54. The molecule has 0 saturated carbocycles. The summed E-state index contributed by atoms with van der Waals surface area (Å²) in [5.41, 5.74) is 0. The molecule has 0 aromatic carbocycles. The quantitative estimate of drug-likeness (QED) is 0.507. The van der Waals surface area contributed by atoms with Gasteiger partial charge in [0.1, 0.15) is 6.04 Å². The van der Waals surface area contributed by atoms with Gasteiger partial charge in [0.25, 0.3) is 0 Å². The maximum absolute atomic E-state index is 11.5. The molecule has 0 amide bonds. The fourth-order valence-electron chi connectivity index (χ4n) is 1.08. The van der Waals surface area contributed by atoms with Crippen molar-refractivity contribution >= 4 is 11.8 Å². The van der Waals surface area contributed by atoms with E-state index in [2.05, 4.69) is 11.9 Å². The van der Waals surface area contributed by atoms with Crippen LogP contribution in [0.3, 0.4) is 0 Å². The van der Waals surface area contributed by atoms with Crippen molar-refractivity contribution in [2.45, 2.75) is 38.8 Å². The number of allylic oxidation sites excluding steroid dienone is 1. The lowest BCUT2D eigenvalue weighted by molar-refractivity contribution is -0.150. The van der Waals surface area contributed by atoms with Crippen LogP contribution in [0.1, 0.15) is 26.7 Å². The third kappa shape index (κ3) is 6.01. The first kappa shape index (κ1) is 13.8. The van der Waals surface area contributed by atoms with Crippen molar-refractivity contribution in [1.29, 1.82) is 0 Å². The molecule has 0 aromatic heterocycles. The molecule has 0 bridgehead atoms. The van der Waals surface area contributed by atoms with Crippen molar-refractivity contribution in [3.8, 4) is 0 Å². The molecule has 0 radical (unpaired) electrons. The minimum Gasteiger partial charge on any atom is -0.462 e. The van der Waals surface area contributed by atoms with E-state index < -0.39 is 6.04 Å². The van der Waals surface area contributed by atoms with Crippen LogP contribution in [0.25, 0.3) is 0 Å². The summed E-state index contributed by atoms with van der Waals surface area (Å²) in [6.07, 6.45) is 1.87. The molecule has 0 unspecified atom stereocenters. The molecule has 86 valence electrons. The molecule has 1 N–H and O–H groups in total. The molecule has 4 heteroatoms. The van der Waals surface area contributed by atoms with Gasteiger partial charge in [-0.25, -0.2) is 0 Å². The van der Waals surface area contributed by atoms with Crippen molar-refractivity contribution in [3.05, 3.63) is 12.7 Å². The van der Waals surface area contributed by atoms with Crippen LogP contribution in [0.4, 0.5) is 0 Å². The predicted octanol–water partition coefficient (Wildman–Crippen LogP) is 1.06. The Morgan fingerprint density at radius 3 is 2.47 bits per heavy atom. The van der Waals surface area contributed by atoms with Crippen LogP contribution in [0, 0.1) is 0 Å². The van der Waals surface area contributed by atoms with Crippen molar-refractivity contribution in [1.82, 2.24) is 5.32 Å². The molecule has 0 aromatic rings. The number of ether oxygens (including phenoxy) is 1. The molecule has 0 aliphatic heterocycles. The largest absolute Gasteiger partial charge is 0.462 e. The number of ketones is 1. The average Bonchev–Trinajstić information content (AvgIpc) is 2.17. The molecule has 0 fully saturated rings. The lowest BCUT2D eigenvalue weighted by Gasteiger charge is -2.16. The van der Waals surface area contributed by atoms with E-state index in [0.29, 0.717) is 12.8 Å². The summed E-state index contributed by atoms with van der Waals surface area (Å²) in [5, 5.41) is 2.83. The molecule has 0 aliphatic rings. The standard InChI is InChI=1S/C11H19NO3/c1-5-9(13)6-7-10(12-4)11(14)15-8(2)3/h5,8,10,12H,1,6-7H2,2-4H3/t10-/m0/s1. The van der Waals surface area contributed by atoms with Crippen LogP contribution < -0.4 is 5.32 Å². The number of carbonyl (C=O) groups excluding carboxylic acids is 2. The third-order valence-corrected chi connectivity index (χ3v) is 1.89. The molecule has 15 heavy (non-hydrogen) atoms. The van der Waals surface area contributed by atoms with Crippen LogP contribution >= 0.6 is 0 Å². The van der Waals surface area contributed by atoms with Crippen molar-refractivity contribution in [2.75, 3.05) is 7.05 Å². The van der Waals surface area contributed by atoms with E-state index >= 15 is 0 Å². The number of likely N-dealkylation sites (N-methyl/N-ethyl adjacent to an activating group) is 1. The molecule has 1 atom stereocenters. The van der Waals surface area contributed by atoms with E-state index in [1.54, 1.807) is 20.9 Å². The highest BCUT2D eigenvalue weighted by Crippen LogP contribution is 2.02. The van der Waals surface area contributed by atoms with Gasteiger partial charge in [-0.2, -0.15) is 0 Å². The van der Waals surface area contributed by atoms with Gasteiger partial charge in [0.2, 0.25) is 0 Å².